The van der Waals surface area contributed by atoms with Crippen molar-refractivity contribution < 1.29 is 19.1 Å². The Kier molecular flexibility index (Phi) is 5.79. The fraction of sp³-hybridized carbons (Fsp3) is 0.154. The molecular weight excluding hydrogens is 418 g/mol. The highest BCUT2D eigenvalue weighted by atomic mass is 16.5. The number of aryl methyl sites for hydroxylation is 2. The summed E-state index contributed by atoms with van der Waals surface area (Å²) < 4.78 is 12.2. The van der Waals surface area contributed by atoms with E-state index in [0.717, 1.165) is 11.1 Å². The Bertz CT molecular complexity index is 1390. The van der Waals surface area contributed by atoms with Crippen molar-refractivity contribution in [1.29, 1.82) is 0 Å². The second-order valence-electron chi connectivity index (χ2n) is 7.76. The summed E-state index contributed by atoms with van der Waals surface area (Å²) in [5.74, 6) is 0.225. The summed E-state index contributed by atoms with van der Waals surface area (Å²) >= 11 is 0. The van der Waals surface area contributed by atoms with Crippen LogP contribution in [0.25, 0.3) is 5.52 Å². The van der Waals surface area contributed by atoms with Crippen LogP contribution >= 0.6 is 0 Å². The lowest BCUT2D eigenvalue weighted by molar-refractivity contribution is 0.102. The molecule has 0 saturated carbocycles. The molecule has 3 N–H and O–H groups in total. The summed E-state index contributed by atoms with van der Waals surface area (Å²) in [4.78, 5) is 26.8. The highest BCUT2D eigenvalue weighted by molar-refractivity contribution is 6.20. The second kappa shape index (κ2) is 8.70. The van der Waals surface area contributed by atoms with Crippen LogP contribution in [0.4, 0.5) is 11.4 Å². The number of amides is 1. The number of nitrogens with two attached hydrogens (primary N) is 1. The maximum absolute atomic E-state index is 13.5. The van der Waals surface area contributed by atoms with Gasteiger partial charge in [-0.2, -0.15) is 0 Å². The Labute approximate surface area is 191 Å². The summed E-state index contributed by atoms with van der Waals surface area (Å²) in [5.41, 5.74) is 10.6. The number of nitrogens with one attached hydrogen (secondary N) is 1. The van der Waals surface area contributed by atoms with Crippen LogP contribution in [0.1, 0.15) is 37.5 Å². The van der Waals surface area contributed by atoms with Gasteiger partial charge in [0.1, 0.15) is 5.69 Å². The van der Waals surface area contributed by atoms with Crippen LogP contribution in [-0.4, -0.2) is 30.3 Å². The Morgan fingerprint density at radius 1 is 0.939 bits per heavy atom. The van der Waals surface area contributed by atoms with E-state index in [2.05, 4.69) is 5.32 Å². The number of hydrogen-bond acceptors (Lipinski definition) is 5. The zero-order valence-corrected chi connectivity index (χ0v) is 18.9. The Balaban J connectivity index is 1.82. The van der Waals surface area contributed by atoms with E-state index in [1.165, 1.54) is 14.2 Å². The van der Waals surface area contributed by atoms with E-state index in [4.69, 9.17) is 15.2 Å². The molecule has 0 atom stereocenters. The van der Waals surface area contributed by atoms with Gasteiger partial charge in [0, 0.05) is 17.4 Å². The van der Waals surface area contributed by atoms with Gasteiger partial charge in [0.15, 0.2) is 11.5 Å². The van der Waals surface area contributed by atoms with Gasteiger partial charge in [0.05, 0.1) is 31.0 Å². The number of carbonyl (C=O) groups is 2. The molecule has 33 heavy (non-hydrogen) atoms. The molecule has 1 amide bonds. The van der Waals surface area contributed by atoms with Crippen LogP contribution in [0.5, 0.6) is 11.5 Å². The first-order valence-corrected chi connectivity index (χ1v) is 10.4. The topological polar surface area (TPSA) is 95.1 Å². The van der Waals surface area contributed by atoms with E-state index in [1.807, 2.05) is 32.0 Å². The molecule has 7 nitrogen and oxygen atoms in total. The van der Waals surface area contributed by atoms with Crippen molar-refractivity contribution in [3.8, 4) is 11.5 Å². The normalized spacial score (nSPS) is 10.8. The molecule has 0 aliphatic carbocycles. The smallest absolute Gasteiger partial charge is 0.259 e. The number of hydrogen-bond donors (Lipinski definition) is 2. The van der Waals surface area contributed by atoms with Gasteiger partial charge in [-0.3, -0.25) is 9.59 Å². The Morgan fingerprint density at radius 2 is 1.70 bits per heavy atom. The maximum atomic E-state index is 13.5. The lowest BCUT2D eigenvalue weighted by Gasteiger charge is -2.10. The van der Waals surface area contributed by atoms with Gasteiger partial charge in [0.2, 0.25) is 5.78 Å². The van der Waals surface area contributed by atoms with E-state index in [0.29, 0.717) is 28.3 Å². The molecule has 0 unspecified atom stereocenters. The largest absolute Gasteiger partial charge is 0.493 e. The molecule has 4 aromatic rings. The van der Waals surface area contributed by atoms with E-state index < -0.39 is 0 Å². The number of nitrogen functional groups attached to an aromatic ring is 1. The van der Waals surface area contributed by atoms with Gasteiger partial charge in [0.25, 0.3) is 5.91 Å². The average Bonchev–Trinajstić information content (AvgIpc) is 3.12. The molecule has 2 aromatic carbocycles. The lowest BCUT2D eigenvalue weighted by atomic mass is 10.1. The van der Waals surface area contributed by atoms with Crippen LogP contribution in [-0.2, 0) is 0 Å². The fourth-order valence-electron chi connectivity index (χ4n) is 3.87. The molecule has 7 heteroatoms. The van der Waals surface area contributed by atoms with Crippen LogP contribution in [0.3, 0.4) is 0 Å². The van der Waals surface area contributed by atoms with Gasteiger partial charge in [-0.15, -0.1) is 0 Å². The molecule has 4 rings (SSSR count). The highest BCUT2D eigenvalue weighted by Gasteiger charge is 2.27. The van der Waals surface area contributed by atoms with Crippen LogP contribution in [0.15, 0.2) is 60.8 Å². The van der Waals surface area contributed by atoms with E-state index in [9.17, 15) is 9.59 Å². The van der Waals surface area contributed by atoms with Crippen LogP contribution in [0, 0.1) is 13.8 Å². The third kappa shape index (κ3) is 3.89. The van der Waals surface area contributed by atoms with Crippen molar-refractivity contribution in [1.82, 2.24) is 4.40 Å². The number of anilines is 2. The molecule has 0 spiro atoms. The van der Waals surface area contributed by atoms with Gasteiger partial charge in [-0.25, -0.2) is 0 Å². The standard InChI is InChI=1S/C26H25N3O4/c1-15-8-9-16(2)18(13-15)28-26(31)22-19-7-5-6-12-29(19)24(23(22)27)25(30)17-10-11-20(32-3)21(14-17)33-4/h5-14H,27H2,1-4H3,(H,28,31). The maximum Gasteiger partial charge on any atom is 0.259 e. The van der Waals surface area contributed by atoms with Gasteiger partial charge < -0.3 is 24.9 Å². The predicted octanol–water partition coefficient (Wildman–Crippen LogP) is 4.64. The summed E-state index contributed by atoms with van der Waals surface area (Å²) in [5, 5.41) is 2.95. The molecule has 0 aliphatic heterocycles. The number of ketones is 1. The molecule has 0 bridgehead atoms. The van der Waals surface area contributed by atoms with Gasteiger partial charge in [-0.05, 0) is 61.4 Å². The number of nitrogens with zero attached hydrogens (tertiary/aromatic N) is 1. The fourth-order valence-corrected chi connectivity index (χ4v) is 3.87. The lowest BCUT2D eigenvalue weighted by Crippen LogP contribution is -2.15. The van der Waals surface area contributed by atoms with E-state index in [1.54, 1.807) is 47.0 Å². The molecule has 0 aliphatic rings. The highest BCUT2D eigenvalue weighted by Crippen LogP contribution is 2.32. The SMILES string of the molecule is COc1ccc(C(=O)c2c(N)c(C(=O)Nc3cc(C)ccc3C)c3ccccn23)cc1OC. The third-order valence-corrected chi connectivity index (χ3v) is 5.61. The number of methoxy groups -OCH3 is 2. The summed E-state index contributed by atoms with van der Waals surface area (Å²) in [6.45, 7) is 3.87. The molecule has 168 valence electrons. The molecule has 0 fully saturated rings. The number of fused-ring (bicyclic) bond motifs is 1. The zero-order chi connectivity index (χ0) is 23.7. The number of rotatable bonds is 6. The minimum absolute atomic E-state index is 0.115. The monoisotopic (exact) mass is 443 g/mol. The first-order valence-electron chi connectivity index (χ1n) is 10.4. The first-order chi connectivity index (χ1) is 15.8. The predicted molar refractivity (Wildman–Crippen MR) is 129 cm³/mol. The number of pyridine rings is 1. The number of aromatic nitrogens is 1. The zero-order valence-electron chi connectivity index (χ0n) is 18.9. The molecule has 2 aromatic heterocycles. The summed E-state index contributed by atoms with van der Waals surface area (Å²) in [7, 11) is 3.03. The Hall–Kier alpha value is -4.26. The van der Waals surface area contributed by atoms with Crippen molar-refractivity contribution in [3.63, 3.8) is 0 Å². The van der Waals surface area contributed by atoms with Crippen LogP contribution < -0.4 is 20.5 Å². The first kappa shape index (κ1) is 22.0. The second-order valence-corrected chi connectivity index (χ2v) is 7.76. The van der Waals surface area contributed by atoms with Gasteiger partial charge >= 0.3 is 0 Å². The third-order valence-electron chi connectivity index (χ3n) is 5.61. The van der Waals surface area contributed by atoms with Crippen molar-refractivity contribution >= 4 is 28.6 Å². The Morgan fingerprint density at radius 3 is 2.42 bits per heavy atom. The minimum Gasteiger partial charge on any atom is -0.493 e. The molecule has 0 saturated heterocycles. The number of carbonyl (C=O) groups excluding carboxylic acids is 2. The van der Waals surface area contributed by atoms with Crippen LogP contribution in [0.2, 0.25) is 0 Å². The quantitative estimate of drug-likeness (QED) is 0.424. The average molecular weight is 444 g/mol. The van der Waals surface area contributed by atoms with E-state index in [-0.39, 0.29) is 28.6 Å². The summed E-state index contributed by atoms with van der Waals surface area (Å²) in [6, 6.07) is 16.1. The van der Waals surface area contributed by atoms with Crippen molar-refractivity contribution in [3.05, 3.63) is 88.7 Å². The van der Waals surface area contributed by atoms with E-state index >= 15 is 0 Å². The molecule has 0 radical (unpaired) electrons. The van der Waals surface area contributed by atoms with Crippen molar-refractivity contribution in [2.75, 3.05) is 25.3 Å². The van der Waals surface area contributed by atoms with Gasteiger partial charge in [-0.1, -0.05) is 18.2 Å². The molecular formula is C26H25N3O4. The number of ether oxygens (including phenoxy) is 2. The van der Waals surface area contributed by atoms with Crippen molar-refractivity contribution in [2.24, 2.45) is 0 Å². The minimum atomic E-state index is -0.378. The molecule has 2 heterocycles. The summed E-state index contributed by atoms with van der Waals surface area (Å²) in [6.07, 6.45) is 1.72. The number of benzene rings is 2. The van der Waals surface area contributed by atoms with Crippen molar-refractivity contribution in [2.45, 2.75) is 13.8 Å².